The van der Waals surface area contributed by atoms with Crippen molar-refractivity contribution in [2.75, 3.05) is 6.54 Å². The number of nitrogens with zero attached hydrogens (tertiary/aromatic N) is 1. The Morgan fingerprint density at radius 3 is 2.81 bits per heavy atom. The number of nitrogens with one attached hydrogen (secondary N) is 2. The minimum atomic E-state index is -0.881. The third-order valence-corrected chi connectivity index (χ3v) is 3.30. The van der Waals surface area contributed by atoms with Gasteiger partial charge in [-0.3, -0.25) is 9.59 Å². The standard InChI is InChI=1S/C15H19N3O3/c1-9(2)5-11(15(20)21)7-16-14(19)10-3-4-12-13(6-10)18-8-17-12/h3-4,6,8-9,11H,5,7H2,1-2H3,(H,16,19)(H,17,18)(H,20,21). The molecule has 6 nitrogen and oxygen atoms in total. The molecule has 3 N–H and O–H groups in total. The summed E-state index contributed by atoms with van der Waals surface area (Å²) in [5.41, 5.74) is 2.05. The van der Waals surface area contributed by atoms with Crippen LogP contribution in [0, 0.1) is 11.8 Å². The predicted octanol–water partition coefficient (Wildman–Crippen LogP) is 2.04. The summed E-state index contributed by atoms with van der Waals surface area (Å²) in [5, 5.41) is 11.8. The van der Waals surface area contributed by atoms with Crippen molar-refractivity contribution in [2.45, 2.75) is 20.3 Å². The highest BCUT2D eigenvalue weighted by molar-refractivity contribution is 5.97. The van der Waals surface area contributed by atoms with Crippen LogP contribution in [-0.2, 0) is 4.79 Å². The molecule has 1 amide bonds. The quantitative estimate of drug-likeness (QED) is 0.758. The van der Waals surface area contributed by atoms with Gasteiger partial charge >= 0.3 is 5.97 Å². The van der Waals surface area contributed by atoms with Gasteiger partial charge in [-0.2, -0.15) is 0 Å². The van der Waals surface area contributed by atoms with Crippen LogP contribution in [0.1, 0.15) is 30.6 Å². The lowest BCUT2D eigenvalue weighted by Crippen LogP contribution is -2.33. The number of hydrogen-bond acceptors (Lipinski definition) is 3. The van der Waals surface area contributed by atoms with Gasteiger partial charge in [-0.1, -0.05) is 13.8 Å². The Bertz CT molecular complexity index is 648. The van der Waals surface area contributed by atoms with Crippen LogP contribution in [-0.4, -0.2) is 33.5 Å². The Hall–Kier alpha value is -2.37. The molecule has 0 radical (unpaired) electrons. The summed E-state index contributed by atoms with van der Waals surface area (Å²) in [6.45, 7) is 4.06. The minimum absolute atomic E-state index is 0.132. The highest BCUT2D eigenvalue weighted by atomic mass is 16.4. The molecule has 0 aliphatic carbocycles. The maximum atomic E-state index is 12.1. The number of aromatic amines is 1. The highest BCUT2D eigenvalue weighted by Crippen LogP contribution is 2.13. The second-order valence-electron chi connectivity index (χ2n) is 5.51. The fraction of sp³-hybridized carbons (Fsp3) is 0.400. The van der Waals surface area contributed by atoms with Crippen LogP contribution >= 0.6 is 0 Å². The lowest BCUT2D eigenvalue weighted by atomic mass is 9.97. The molecule has 112 valence electrons. The van der Waals surface area contributed by atoms with E-state index in [1.54, 1.807) is 24.5 Å². The molecule has 1 aromatic heterocycles. The number of hydrogen-bond donors (Lipinski definition) is 3. The third kappa shape index (κ3) is 3.81. The molecule has 0 bridgehead atoms. The summed E-state index contributed by atoms with van der Waals surface area (Å²) in [7, 11) is 0. The smallest absolute Gasteiger partial charge is 0.308 e. The second-order valence-corrected chi connectivity index (χ2v) is 5.51. The van der Waals surface area contributed by atoms with Crippen LogP contribution in [0.15, 0.2) is 24.5 Å². The zero-order chi connectivity index (χ0) is 15.4. The van der Waals surface area contributed by atoms with E-state index in [0.717, 1.165) is 11.0 Å². The first-order valence-corrected chi connectivity index (χ1v) is 6.91. The zero-order valence-corrected chi connectivity index (χ0v) is 12.1. The van der Waals surface area contributed by atoms with Crippen LogP contribution in [0.4, 0.5) is 0 Å². The number of benzene rings is 1. The van der Waals surface area contributed by atoms with Crippen molar-refractivity contribution in [3.8, 4) is 0 Å². The fourth-order valence-corrected chi connectivity index (χ4v) is 2.24. The highest BCUT2D eigenvalue weighted by Gasteiger charge is 2.20. The Labute approximate surface area is 122 Å². The summed E-state index contributed by atoms with van der Waals surface area (Å²) in [5.74, 6) is -1.45. The lowest BCUT2D eigenvalue weighted by molar-refractivity contribution is -0.142. The van der Waals surface area contributed by atoms with E-state index in [1.165, 1.54) is 0 Å². The number of carbonyl (C=O) groups is 2. The SMILES string of the molecule is CC(C)CC(CNC(=O)c1ccc2nc[nH]c2c1)C(=O)O. The number of imidazole rings is 1. The van der Waals surface area contributed by atoms with Gasteiger partial charge in [-0.25, -0.2) is 4.98 Å². The first-order chi connectivity index (χ1) is 9.97. The van der Waals surface area contributed by atoms with E-state index in [9.17, 15) is 9.59 Å². The van der Waals surface area contributed by atoms with E-state index in [2.05, 4.69) is 15.3 Å². The third-order valence-electron chi connectivity index (χ3n) is 3.30. The van der Waals surface area contributed by atoms with Crippen molar-refractivity contribution in [1.82, 2.24) is 15.3 Å². The van der Waals surface area contributed by atoms with E-state index < -0.39 is 11.9 Å². The molecule has 1 heterocycles. The largest absolute Gasteiger partial charge is 0.481 e. The van der Waals surface area contributed by atoms with Crippen molar-refractivity contribution < 1.29 is 14.7 Å². The van der Waals surface area contributed by atoms with Gasteiger partial charge in [0.15, 0.2) is 0 Å². The van der Waals surface area contributed by atoms with E-state index in [1.807, 2.05) is 13.8 Å². The number of fused-ring (bicyclic) bond motifs is 1. The molecule has 0 fully saturated rings. The number of amides is 1. The monoisotopic (exact) mass is 289 g/mol. The number of carboxylic acid groups (broad SMARTS) is 1. The van der Waals surface area contributed by atoms with E-state index in [-0.39, 0.29) is 18.4 Å². The average molecular weight is 289 g/mol. The fourth-order valence-electron chi connectivity index (χ4n) is 2.24. The Morgan fingerprint density at radius 2 is 2.14 bits per heavy atom. The molecule has 0 aliphatic heterocycles. The molecule has 2 aromatic rings. The Balaban J connectivity index is 2.01. The Morgan fingerprint density at radius 1 is 1.38 bits per heavy atom. The molecule has 0 saturated heterocycles. The van der Waals surface area contributed by atoms with Crippen LogP contribution in [0.3, 0.4) is 0 Å². The van der Waals surface area contributed by atoms with Gasteiger partial charge in [0.05, 0.1) is 23.3 Å². The summed E-state index contributed by atoms with van der Waals surface area (Å²) in [6, 6.07) is 5.14. The molecule has 1 atom stereocenters. The molecule has 0 spiro atoms. The van der Waals surface area contributed by atoms with Gasteiger partial charge < -0.3 is 15.4 Å². The first-order valence-electron chi connectivity index (χ1n) is 6.91. The van der Waals surface area contributed by atoms with Gasteiger partial charge in [0, 0.05) is 12.1 Å². The number of carboxylic acids is 1. The van der Waals surface area contributed by atoms with Crippen LogP contribution < -0.4 is 5.32 Å². The Kier molecular flexibility index (Phi) is 4.57. The normalized spacial score (nSPS) is 12.5. The molecule has 6 heteroatoms. The summed E-state index contributed by atoms with van der Waals surface area (Å²) in [4.78, 5) is 30.3. The maximum absolute atomic E-state index is 12.1. The average Bonchev–Trinajstić information content (AvgIpc) is 2.89. The first kappa shape index (κ1) is 15.0. The maximum Gasteiger partial charge on any atom is 0.308 e. The molecule has 2 rings (SSSR count). The molecule has 1 unspecified atom stereocenters. The predicted molar refractivity (Wildman–Crippen MR) is 79.0 cm³/mol. The number of aliphatic carboxylic acids is 1. The molecule has 0 saturated carbocycles. The van der Waals surface area contributed by atoms with Crippen LogP contribution in [0.5, 0.6) is 0 Å². The lowest BCUT2D eigenvalue weighted by Gasteiger charge is -2.15. The second kappa shape index (κ2) is 6.39. The molecule has 0 aliphatic rings. The van der Waals surface area contributed by atoms with Crippen molar-refractivity contribution >= 4 is 22.9 Å². The van der Waals surface area contributed by atoms with E-state index in [4.69, 9.17) is 5.11 Å². The van der Waals surface area contributed by atoms with Gasteiger partial charge in [-0.15, -0.1) is 0 Å². The van der Waals surface area contributed by atoms with Crippen molar-refractivity contribution in [1.29, 1.82) is 0 Å². The van der Waals surface area contributed by atoms with Gasteiger partial charge in [0.25, 0.3) is 5.91 Å². The number of H-pyrrole nitrogens is 1. The van der Waals surface area contributed by atoms with Gasteiger partial charge in [0.1, 0.15) is 0 Å². The van der Waals surface area contributed by atoms with Gasteiger partial charge in [-0.05, 0) is 30.5 Å². The molecular formula is C15H19N3O3. The molecule has 21 heavy (non-hydrogen) atoms. The van der Waals surface area contributed by atoms with E-state index in [0.29, 0.717) is 12.0 Å². The van der Waals surface area contributed by atoms with Gasteiger partial charge in [0.2, 0.25) is 0 Å². The van der Waals surface area contributed by atoms with Crippen molar-refractivity contribution in [3.05, 3.63) is 30.1 Å². The van der Waals surface area contributed by atoms with E-state index >= 15 is 0 Å². The molecular weight excluding hydrogens is 270 g/mol. The minimum Gasteiger partial charge on any atom is -0.481 e. The number of rotatable bonds is 6. The van der Waals surface area contributed by atoms with Crippen molar-refractivity contribution in [2.24, 2.45) is 11.8 Å². The summed E-state index contributed by atoms with van der Waals surface area (Å²) < 4.78 is 0. The topological polar surface area (TPSA) is 95.1 Å². The summed E-state index contributed by atoms with van der Waals surface area (Å²) in [6.07, 6.45) is 2.10. The van der Waals surface area contributed by atoms with Crippen LogP contribution in [0.2, 0.25) is 0 Å². The number of carbonyl (C=O) groups excluding carboxylic acids is 1. The van der Waals surface area contributed by atoms with Crippen molar-refractivity contribution in [3.63, 3.8) is 0 Å². The summed E-state index contributed by atoms with van der Waals surface area (Å²) >= 11 is 0. The van der Waals surface area contributed by atoms with Crippen LogP contribution in [0.25, 0.3) is 11.0 Å². The zero-order valence-electron chi connectivity index (χ0n) is 12.1. The number of aromatic nitrogens is 2. The molecule has 1 aromatic carbocycles.